The SMILES string of the molecule is CCNC1CCOc2c(F)c(F)cc(Br)c21. The minimum absolute atomic E-state index is 0.0122. The van der Waals surface area contributed by atoms with E-state index in [1.165, 1.54) is 0 Å². The molecule has 0 saturated heterocycles. The minimum atomic E-state index is -0.902. The summed E-state index contributed by atoms with van der Waals surface area (Å²) in [5.41, 5.74) is 0.673. The van der Waals surface area contributed by atoms with Gasteiger partial charge in [0.2, 0.25) is 5.82 Å². The van der Waals surface area contributed by atoms with Gasteiger partial charge in [0.05, 0.1) is 6.61 Å². The van der Waals surface area contributed by atoms with Crippen LogP contribution >= 0.6 is 15.9 Å². The zero-order valence-corrected chi connectivity index (χ0v) is 10.4. The van der Waals surface area contributed by atoms with Crippen LogP contribution in [0.15, 0.2) is 10.5 Å². The van der Waals surface area contributed by atoms with Crippen molar-refractivity contribution >= 4 is 15.9 Å². The van der Waals surface area contributed by atoms with Crippen LogP contribution < -0.4 is 10.1 Å². The monoisotopic (exact) mass is 291 g/mol. The van der Waals surface area contributed by atoms with Gasteiger partial charge >= 0.3 is 0 Å². The molecule has 1 aromatic rings. The first kappa shape index (κ1) is 11.8. The third-order valence-corrected chi connectivity index (χ3v) is 3.27. The molecule has 1 aliphatic rings. The molecule has 1 N–H and O–H groups in total. The second-order valence-corrected chi connectivity index (χ2v) is 4.50. The highest BCUT2D eigenvalue weighted by molar-refractivity contribution is 9.10. The van der Waals surface area contributed by atoms with Gasteiger partial charge in [0.25, 0.3) is 0 Å². The van der Waals surface area contributed by atoms with Crippen LogP contribution in [0.1, 0.15) is 24.9 Å². The Bertz CT molecular complexity index is 411. The van der Waals surface area contributed by atoms with E-state index in [2.05, 4.69) is 21.2 Å². The maximum atomic E-state index is 13.5. The molecule has 2 nitrogen and oxygen atoms in total. The summed E-state index contributed by atoms with van der Waals surface area (Å²) in [6, 6.07) is 1.16. The largest absolute Gasteiger partial charge is 0.490 e. The number of hydrogen-bond acceptors (Lipinski definition) is 2. The normalized spacial score (nSPS) is 19.1. The van der Waals surface area contributed by atoms with E-state index in [0.29, 0.717) is 16.6 Å². The molecule has 0 amide bonds. The molecule has 0 radical (unpaired) electrons. The number of fused-ring (bicyclic) bond motifs is 1. The van der Waals surface area contributed by atoms with Crippen LogP contribution in [0.4, 0.5) is 8.78 Å². The van der Waals surface area contributed by atoms with E-state index in [0.717, 1.165) is 19.0 Å². The standard InChI is InChI=1S/C11H12BrF2NO/c1-2-15-8-3-4-16-11-9(8)6(12)5-7(13)10(11)14/h5,8,15H,2-4H2,1H3. The highest BCUT2D eigenvalue weighted by Gasteiger charge is 2.28. The molecule has 5 heteroatoms. The first-order valence-corrected chi connectivity index (χ1v) is 5.98. The molecule has 88 valence electrons. The number of hydrogen-bond donors (Lipinski definition) is 1. The number of nitrogens with one attached hydrogen (secondary N) is 1. The summed E-state index contributed by atoms with van der Waals surface area (Å²) < 4.78 is 32.5. The van der Waals surface area contributed by atoms with Crippen molar-refractivity contribution in [3.63, 3.8) is 0 Å². The first-order chi connectivity index (χ1) is 7.65. The Hall–Kier alpha value is -0.680. The van der Waals surface area contributed by atoms with Crippen LogP contribution in [0.2, 0.25) is 0 Å². The van der Waals surface area contributed by atoms with Crippen LogP contribution in [0.5, 0.6) is 5.75 Å². The molecular weight excluding hydrogens is 280 g/mol. The van der Waals surface area contributed by atoms with Gasteiger partial charge in [-0.15, -0.1) is 0 Å². The summed E-state index contributed by atoms with van der Waals surface area (Å²) in [7, 11) is 0. The van der Waals surface area contributed by atoms with E-state index in [-0.39, 0.29) is 11.8 Å². The number of rotatable bonds is 2. The third-order valence-electron chi connectivity index (χ3n) is 2.62. The van der Waals surface area contributed by atoms with Gasteiger partial charge in [-0.3, -0.25) is 0 Å². The van der Waals surface area contributed by atoms with Crippen molar-refractivity contribution in [2.24, 2.45) is 0 Å². The molecular formula is C11H12BrF2NO. The second kappa shape index (κ2) is 4.67. The Morgan fingerprint density at radius 2 is 2.31 bits per heavy atom. The van der Waals surface area contributed by atoms with Crippen molar-refractivity contribution in [1.82, 2.24) is 5.32 Å². The van der Waals surface area contributed by atoms with Gasteiger partial charge in [-0.2, -0.15) is 4.39 Å². The molecule has 0 aromatic heterocycles. The lowest BCUT2D eigenvalue weighted by atomic mass is 10.00. The van der Waals surface area contributed by atoms with E-state index in [1.807, 2.05) is 6.92 Å². The average Bonchev–Trinajstić information content (AvgIpc) is 2.26. The van der Waals surface area contributed by atoms with Crippen LogP contribution in [-0.4, -0.2) is 13.2 Å². The van der Waals surface area contributed by atoms with Crippen molar-refractivity contribution in [1.29, 1.82) is 0 Å². The van der Waals surface area contributed by atoms with Crippen LogP contribution in [-0.2, 0) is 0 Å². The second-order valence-electron chi connectivity index (χ2n) is 3.64. The molecule has 16 heavy (non-hydrogen) atoms. The molecule has 0 bridgehead atoms. The van der Waals surface area contributed by atoms with Crippen LogP contribution in [0.3, 0.4) is 0 Å². The Labute approximate surface area is 101 Å². The van der Waals surface area contributed by atoms with E-state index < -0.39 is 11.6 Å². The molecule has 0 aliphatic carbocycles. The summed E-state index contributed by atoms with van der Waals surface area (Å²) in [5.74, 6) is -1.76. The minimum Gasteiger partial charge on any atom is -0.490 e. The van der Waals surface area contributed by atoms with E-state index in [9.17, 15) is 8.78 Å². The lowest BCUT2D eigenvalue weighted by molar-refractivity contribution is 0.237. The molecule has 1 unspecified atom stereocenters. The summed E-state index contributed by atoms with van der Waals surface area (Å²) in [6.07, 6.45) is 0.754. The van der Waals surface area contributed by atoms with Gasteiger partial charge in [0, 0.05) is 22.5 Å². The fraction of sp³-hybridized carbons (Fsp3) is 0.455. The maximum Gasteiger partial charge on any atom is 0.201 e. The topological polar surface area (TPSA) is 21.3 Å². The fourth-order valence-corrected chi connectivity index (χ4v) is 2.58. The Kier molecular flexibility index (Phi) is 3.44. The first-order valence-electron chi connectivity index (χ1n) is 5.18. The predicted molar refractivity (Wildman–Crippen MR) is 60.6 cm³/mol. The van der Waals surface area contributed by atoms with Crippen LogP contribution in [0, 0.1) is 11.6 Å². The third kappa shape index (κ3) is 1.94. The van der Waals surface area contributed by atoms with Crippen molar-refractivity contribution in [3.8, 4) is 5.75 Å². The molecule has 1 atom stereocenters. The van der Waals surface area contributed by atoms with Gasteiger partial charge in [0.1, 0.15) is 0 Å². The summed E-state index contributed by atoms with van der Waals surface area (Å²) in [6.45, 7) is 3.15. The van der Waals surface area contributed by atoms with Gasteiger partial charge in [-0.25, -0.2) is 4.39 Å². The van der Waals surface area contributed by atoms with Crippen molar-refractivity contribution in [3.05, 3.63) is 27.7 Å². The number of benzene rings is 1. The molecule has 0 spiro atoms. The number of halogens is 3. The summed E-state index contributed by atoms with van der Waals surface area (Å²) >= 11 is 3.25. The summed E-state index contributed by atoms with van der Waals surface area (Å²) in [5, 5.41) is 3.23. The fourth-order valence-electron chi connectivity index (χ4n) is 1.93. The lowest BCUT2D eigenvalue weighted by Gasteiger charge is -2.27. The average molecular weight is 292 g/mol. The lowest BCUT2D eigenvalue weighted by Crippen LogP contribution is -2.28. The maximum absolute atomic E-state index is 13.5. The van der Waals surface area contributed by atoms with E-state index in [1.54, 1.807) is 0 Å². The van der Waals surface area contributed by atoms with E-state index >= 15 is 0 Å². The van der Waals surface area contributed by atoms with E-state index in [4.69, 9.17) is 4.74 Å². The molecule has 1 heterocycles. The highest BCUT2D eigenvalue weighted by Crippen LogP contribution is 2.40. The van der Waals surface area contributed by atoms with Crippen molar-refractivity contribution < 1.29 is 13.5 Å². The molecule has 0 saturated carbocycles. The van der Waals surface area contributed by atoms with Crippen molar-refractivity contribution in [2.45, 2.75) is 19.4 Å². The Morgan fingerprint density at radius 3 is 3.00 bits per heavy atom. The Morgan fingerprint density at radius 1 is 1.56 bits per heavy atom. The number of ether oxygens (including phenoxy) is 1. The van der Waals surface area contributed by atoms with Gasteiger partial charge in [-0.1, -0.05) is 22.9 Å². The highest BCUT2D eigenvalue weighted by atomic mass is 79.9. The van der Waals surface area contributed by atoms with Gasteiger partial charge in [0.15, 0.2) is 11.6 Å². The predicted octanol–water partition coefficient (Wildman–Crippen LogP) is 3.16. The zero-order valence-electron chi connectivity index (χ0n) is 8.82. The quantitative estimate of drug-likeness (QED) is 0.845. The molecule has 1 aliphatic heterocycles. The van der Waals surface area contributed by atoms with Gasteiger partial charge < -0.3 is 10.1 Å². The summed E-state index contributed by atoms with van der Waals surface area (Å²) in [4.78, 5) is 0. The van der Waals surface area contributed by atoms with Crippen molar-refractivity contribution in [2.75, 3.05) is 13.2 Å². The Balaban J connectivity index is 2.51. The zero-order chi connectivity index (χ0) is 11.7. The van der Waals surface area contributed by atoms with Gasteiger partial charge in [-0.05, 0) is 12.6 Å². The molecule has 0 fully saturated rings. The smallest absolute Gasteiger partial charge is 0.201 e. The van der Waals surface area contributed by atoms with Crippen LogP contribution in [0.25, 0.3) is 0 Å². The molecule has 1 aromatic carbocycles. The molecule has 2 rings (SSSR count).